The van der Waals surface area contributed by atoms with Crippen LogP contribution in [0.15, 0.2) is 48.8 Å². The molecule has 1 saturated heterocycles. The van der Waals surface area contributed by atoms with Gasteiger partial charge in [0.25, 0.3) is 0 Å². The van der Waals surface area contributed by atoms with Crippen LogP contribution < -0.4 is 10.2 Å². The van der Waals surface area contributed by atoms with Crippen LogP contribution in [0, 0.1) is 13.8 Å². The average molecular weight is 346 g/mol. The highest BCUT2D eigenvalue weighted by Gasteiger charge is 2.32. The molecule has 26 heavy (non-hydrogen) atoms. The second-order valence-corrected chi connectivity index (χ2v) is 6.80. The first-order chi connectivity index (χ1) is 12.6. The summed E-state index contributed by atoms with van der Waals surface area (Å²) in [4.78, 5) is 23.9. The third-order valence-corrected chi connectivity index (χ3v) is 5.21. The van der Waals surface area contributed by atoms with Crippen molar-refractivity contribution in [1.82, 2.24) is 9.97 Å². The monoisotopic (exact) mass is 346 g/mol. The van der Waals surface area contributed by atoms with Crippen LogP contribution in [0.1, 0.15) is 24.0 Å². The zero-order valence-electron chi connectivity index (χ0n) is 15.1. The normalized spacial score (nSPS) is 16.8. The molecule has 0 radical (unpaired) electrons. The van der Waals surface area contributed by atoms with Gasteiger partial charge in [-0.25, -0.2) is 9.97 Å². The second-order valence-electron chi connectivity index (χ2n) is 6.80. The summed E-state index contributed by atoms with van der Waals surface area (Å²) < 4.78 is 0. The third kappa shape index (κ3) is 2.90. The molecule has 0 bridgehead atoms. The molecule has 2 aromatic carbocycles. The van der Waals surface area contributed by atoms with E-state index >= 15 is 0 Å². The third-order valence-electron chi connectivity index (χ3n) is 5.21. The average Bonchev–Trinajstić information content (AvgIpc) is 3.15. The minimum Gasteiger partial charge on any atom is -0.344 e. The predicted octanol–water partition coefficient (Wildman–Crippen LogP) is 3.85. The zero-order valence-corrected chi connectivity index (χ0v) is 15.1. The molecule has 132 valence electrons. The minimum absolute atomic E-state index is 0.0268. The zero-order chi connectivity index (χ0) is 18.1. The molecule has 0 saturated carbocycles. The number of carbonyl (C=O) groups excluding carboxylic acids is 1. The fourth-order valence-corrected chi connectivity index (χ4v) is 3.61. The molecule has 1 aromatic heterocycles. The van der Waals surface area contributed by atoms with Gasteiger partial charge in [0.1, 0.15) is 18.2 Å². The number of para-hydroxylation sites is 1. The maximum absolute atomic E-state index is 13.0. The maximum Gasteiger partial charge on any atom is 0.247 e. The fraction of sp³-hybridized carbons (Fsp3) is 0.286. The van der Waals surface area contributed by atoms with E-state index in [2.05, 4.69) is 33.2 Å². The molecule has 1 fully saturated rings. The number of hydrogen-bond donors (Lipinski definition) is 1. The molecule has 2 heterocycles. The number of fused-ring (bicyclic) bond motifs is 1. The highest BCUT2D eigenvalue weighted by atomic mass is 16.2. The number of hydrogen-bond acceptors (Lipinski definition) is 4. The van der Waals surface area contributed by atoms with Crippen LogP contribution in [0.2, 0.25) is 0 Å². The molecule has 5 nitrogen and oxygen atoms in total. The van der Waals surface area contributed by atoms with Crippen LogP contribution in [-0.4, -0.2) is 28.5 Å². The number of anilines is 2. The number of nitrogens with one attached hydrogen (secondary N) is 1. The van der Waals surface area contributed by atoms with Crippen molar-refractivity contribution in [3.8, 4) is 0 Å². The van der Waals surface area contributed by atoms with Gasteiger partial charge in [-0.1, -0.05) is 24.3 Å². The first-order valence-electron chi connectivity index (χ1n) is 8.98. The molecule has 1 aliphatic heterocycles. The summed E-state index contributed by atoms with van der Waals surface area (Å²) in [6.07, 6.45) is 3.38. The number of nitrogens with zero attached hydrogens (tertiary/aromatic N) is 3. The Morgan fingerprint density at radius 3 is 2.85 bits per heavy atom. The van der Waals surface area contributed by atoms with Crippen LogP contribution in [0.25, 0.3) is 10.9 Å². The molecule has 1 atom stereocenters. The number of aromatic nitrogens is 2. The largest absolute Gasteiger partial charge is 0.344 e. The molecule has 0 spiro atoms. The van der Waals surface area contributed by atoms with Crippen molar-refractivity contribution in [2.24, 2.45) is 0 Å². The van der Waals surface area contributed by atoms with Gasteiger partial charge in [0.2, 0.25) is 5.91 Å². The van der Waals surface area contributed by atoms with Crippen molar-refractivity contribution < 1.29 is 4.79 Å². The molecule has 0 aliphatic carbocycles. The Bertz CT molecular complexity index is 964. The Balaban J connectivity index is 1.64. The van der Waals surface area contributed by atoms with E-state index in [0.717, 1.165) is 47.4 Å². The molecule has 5 heteroatoms. The molecular weight excluding hydrogens is 324 g/mol. The van der Waals surface area contributed by atoms with Crippen molar-refractivity contribution in [2.45, 2.75) is 32.7 Å². The first-order valence-corrected chi connectivity index (χ1v) is 8.98. The van der Waals surface area contributed by atoms with Gasteiger partial charge in [-0.15, -0.1) is 0 Å². The lowest BCUT2D eigenvalue weighted by Gasteiger charge is -2.26. The van der Waals surface area contributed by atoms with Crippen molar-refractivity contribution in [2.75, 3.05) is 16.8 Å². The van der Waals surface area contributed by atoms with Crippen molar-refractivity contribution in [3.05, 3.63) is 59.9 Å². The number of rotatable bonds is 3. The van der Waals surface area contributed by atoms with Gasteiger partial charge >= 0.3 is 0 Å². The molecule has 4 rings (SSSR count). The molecule has 3 aromatic rings. The smallest absolute Gasteiger partial charge is 0.247 e. The van der Waals surface area contributed by atoms with E-state index in [1.807, 2.05) is 43.3 Å². The molecular formula is C21H22N4O. The van der Waals surface area contributed by atoms with Gasteiger partial charge in [0, 0.05) is 17.6 Å². The van der Waals surface area contributed by atoms with E-state index in [1.165, 1.54) is 5.56 Å². The molecule has 1 aliphatic rings. The maximum atomic E-state index is 13.0. The summed E-state index contributed by atoms with van der Waals surface area (Å²) in [6.45, 7) is 4.92. The summed E-state index contributed by atoms with van der Waals surface area (Å²) in [5, 5.41) is 4.10. The van der Waals surface area contributed by atoms with Crippen LogP contribution >= 0.6 is 0 Å². The molecule has 1 amide bonds. The Hall–Kier alpha value is -2.95. The lowest BCUT2D eigenvalue weighted by molar-refractivity contribution is -0.117. The van der Waals surface area contributed by atoms with Gasteiger partial charge in [-0.05, 0) is 56.0 Å². The predicted molar refractivity (Wildman–Crippen MR) is 104 cm³/mol. The summed E-state index contributed by atoms with van der Waals surface area (Å²) in [5.74, 6) is 0.869. The quantitative estimate of drug-likeness (QED) is 0.782. The summed E-state index contributed by atoms with van der Waals surface area (Å²) in [5.41, 5.74) is 4.07. The van der Waals surface area contributed by atoms with Crippen LogP contribution in [0.3, 0.4) is 0 Å². The Labute approximate surface area is 153 Å². The van der Waals surface area contributed by atoms with Crippen molar-refractivity contribution in [1.29, 1.82) is 0 Å². The van der Waals surface area contributed by atoms with Gasteiger partial charge in [0.05, 0.1) is 5.52 Å². The number of aryl methyl sites for hydroxylation is 1. The topological polar surface area (TPSA) is 58.1 Å². The Kier molecular flexibility index (Phi) is 4.29. The van der Waals surface area contributed by atoms with Crippen LogP contribution in [-0.2, 0) is 4.79 Å². The molecule has 1 N–H and O–H groups in total. The van der Waals surface area contributed by atoms with Gasteiger partial charge in [-0.2, -0.15) is 0 Å². The van der Waals surface area contributed by atoms with E-state index < -0.39 is 0 Å². The Morgan fingerprint density at radius 2 is 1.96 bits per heavy atom. The van der Waals surface area contributed by atoms with E-state index in [9.17, 15) is 4.79 Å². The fourth-order valence-electron chi connectivity index (χ4n) is 3.61. The van der Waals surface area contributed by atoms with E-state index in [0.29, 0.717) is 0 Å². The first kappa shape index (κ1) is 16.5. The van der Waals surface area contributed by atoms with Crippen LogP contribution in [0.4, 0.5) is 11.5 Å². The summed E-state index contributed by atoms with van der Waals surface area (Å²) in [7, 11) is 0. The van der Waals surface area contributed by atoms with E-state index in [4.69, 9.17) is 0 Å². The van der Waals surface area contributed by atoms with Gasteiger partial charge < -0.3 is 10.2 Å². The minimum atomic E-state index is -0.215. The van der Waals surface area contributed by atoms with Gasteiger partial charge in [-0.3, -0.25) is 4.79 Å². The Morgan fingerprint density at radius 1 is 1.12 bits per heavy atom. The van der Waals surface area contributed by atoms with Crippen molar-refractivity contribution >= 4 is 28.3 Å². The number of amides is 1. The number of benzene rings is 2. The standard InChI is InChI=1S/C21H22N4O/c1-14-7-5-10-17(15(14)2)24-21(26)19-11-6-12-25(19)20-16-8-3-4-9-18(16)22-13-23-20/h3-5,7-10,13,19H,6,11-12H2,1-2H3,(H,24,26). The summed E-state index contributed by atoms with van der Waals surface area (Å²) >= 11 is 0. The SMILES string of the molecule is Cc1cccc(NC(=O)C2CCCN2c2ncnc3ccccc23)c1C. The number of carbonyl (C=O) groups is 1. The lowest BCUT2D eigenvalue weighted by Crippen LogP contribution is -2.40. The van der Waals surface area contributed by atoms with Gasteiger partial charge in [0.15, 0.2) is 0 Å². The highest BCUT2D eigenvalue weighted by Crippen LogP contribution is 2.30. The van der Waals surface area contributed by atoms with E-state index in [1.54, 1.807) is 6.33 Å². The van der Waals surface area contributed by atoms with Crippen LogP contribution in [0.5, 0.6) is 0 Å². The van der Waals surface area contributed by atoms with E-state index in [-0.39, 0.29) is 11.9 Å². The lowest BCUT2D eigenvalue weighted by atomic mass is 10.1. The highest BCUT2D eigenvalue weighted by molar-refractivity contribution is 5.99. The molecule has 1 unspecified atom stereocenters. The van der Waals surface area contributed by atoms with Crippen molar-refractivity contribution in [3.63, 3.8) is 0 Å². The second kappa shape index (κ2) is 6.75. The summed E-state index contributed by atoms with van der Waals surface area (Å²) in [6, 6.07) is 13.7.